The fraction of sp³-hybridized carbons (Fsp3) is 0.292. The molecule has 2 atom stereocenters. The molecule has 0 heterocycles. The van der Waals surface area contributed by atoms with Gasteiger partial charge in [-0.05, 0) is 74.9 Å². The topological polar surface area (TPSA) is 191 Å². The molecule has 0 fully saturated rings. The van der Waals surface area contributed by atoms with Gasteiger partial charge in [-0.15, -0.1) is 0 Å². The number of hydroxylamine groups is 2. The third kappa shape index (κ3) is 11.4. The number of nitrogens with one attached hydrogen (secondary N) is 2. The molecule has 2 N–H and O–H groups in total. The van der Waals surface area contributed by atoms with Gasteiger partial charge in [0.1, 0.15) is 11.5 Å². The first-order valence-corrected chi connectivity index (χ1v) is 19.8. The fourth-order valence-corrected chi connectivity index (χ4v) is 7.87. The van der Waals surface area contributed by atoms with Crippen molar-refractivity contribution < 1.29 is 38.2 Å². The number of Topliss-reactive ketones (excluding diaryl/α,β-unsaturated/α-hetero) is 4. The number of unbranched alkanes of at least 4 members (excludes halogenated alkanes) is 2. The largest absolute Gasteiger partial charge is 2.00 e. The van der Waals surface area contributed by atoms with E-state index < -0.39 is 11.8 Å². The van der Waals surface area contributed by atoms with Crippen LogP contribution in [-0.2, 0) is 9.59 Å². The Balaban J connectivity index is 0.000000264. The van der Waals surface area contributed by atoms with Crippen molar-refractivity contribution in [1.82, 2.24) is 11.0 Å². The molecule has 12 nitrogen and oxygen atoms in total. The van der Waals surface area contributed by atoms with Crippen LogP contribution in [0.1, 0.15) is 130 Å². The van der Waals surface area contributed by atoms with E-state index in [0.29, 0.717) is 94.6 Å². The third-order valence-electron chi connectivity index (χ3n) is 11.1. The van der Waals surface area contributed by atoms with E-state index in [9.17, 15) is 39.2 Å². The molecule has 2 unspecified atom stereocenters. The monoisotopic (exact) mass is 836 g/mol. The summed E-state index contributed by atoms with van der Waals surface area (Å²) in [5.41, 5.74) is 8.19. The zero-order chi connectivity index (χ0) is 43.3. The minimum atomic E-state index is -0.552. The van der Waals surface area contributed by atoms with Crippen LogP contribution >= 0.6 is 0 Å². The van der Waals surface area contributed by atoms with Crippen molar-refractivity contribution in [1.29, 1.82) is 0 Å². The number of hydrogen-bond acceptors (Lipinski definition) is 10. The van der Waals surface area contributed by atoms with Crippen LogP contribution in [0.4, 0.5) is 0 Å². The van der Waals surface area contributed by atoms with Crippen LogP contribution in [0.15, 0.2) is 119 Å². The molecule has 13 heteroatoms. The second kappa shape index (κ2) is 22.8. The Morgan fingerprint density at radius 3 is 1.11 bits per heavy atom. The molecule has 0 spiro atoms. The summed E-state index contributed by atoms with van der Waals surface area (Å²) in [7, 11) is 3.17. The molecule has 0 radical (unpaired) electrons. The van der Waals surface area contributed by atoms with Gasteiger partial charge in [0.25, 0.3) is 0 Å². The first-order valence-electron chi connectivity index (χ1n) is 19.8. The number of methoxy groups -OCH3 is 2. The Morgan fingerprint density at radius 1 is 0.508 bits per heavy atom. The van der Waals surface area contributed by atoms with Gasteiger partial charge in [-0.25, -0.2) is 0 Å². The van der Waals surface area contributed by atoms with Crippen LogP contribution in [0.5, 0.6) is 11.5 Å². The van der Waals surface area contributed by atoms with Crippen molar-refractivity contribution in [3.05, 3.63) is 163 Å². The van der Waals surface area contributed by atoms with Gasteiger partial charge in [-0.2, -0.15) is 0 Å². The van der Waals surface area contributed by atoms with Gasteiger partial charge in [-0.3, -0.25) is 28.8 Å². The zero-order valence-electron chi connectivity index (χ0n) is 34.8. The van der Waals surface area contributed by atoms with E-state index in [1.807, 2.05) is 48.5 Å². The number of ketones is 4. The number of allylic oxidation sites excluding steroid dienone is 4. The van der Waals surface area contributed by atoms with Crippen LogP contribution in [0.25, 0.3) is 0 Å². The third-order valence-corrected chi connectivity index (χ3v) is 11.1. The van der Waals surface area contributed by atoms with E-state index >= 15 is 0 Å². The number of carbonyl (C=O) groups is 6. The summed E-state index contributed by atoms with van der Waals surface area (Å²) < 4.78 is 10.5. The van der Waals surface area contributed by atoms with Crippen molar-refractivity contribution in [2.45, 2.75) is 77.0 Å². The normalized spacial score (nSPS) is 14.1. The van der Waals surface area contributed by atoms with Gasteiger partial charge in [0, 0.05) is 69.2 Å². The quantitative estimate of drug-likeness (QED) is 0.0630. The van der Waals surface area contributed by atoms with E-state index in [-0.39, 0.29) is 70.9 Å². The second-order valence-electron chi connectivity index (χ2n) is 14.7. The van der Waals surface area contributed by atoms with Gasteiger partial charge in [0.2, 0.25) is 11.8 Å². The maximum atomic E-state index is 13.4. The van der Waals surface area contributed by atoms with Crippen LogP contribution in [0, 0.1) is 10.4 Å². The Bertz CT molecular complexity index is 2150. The SMILES string of the molecule is COc1ccc(C(CCCCC(=O)N[O-])C2=C(C)C(=O)c3ccccc3C2=O)cc1.COc1ccc(C(CCCCC(=O)N[O-])C2=C(C)C(=O)c3ccccc3C2=O)cc1.[Mg+2]. The van der Waals surface area contributed by atoms with E-state index in [2.05, 4.69) is 0 Å². The molecule has 0 saturated heterocycles. The van der Waals surface area contributed by atoms with Crippen LogP contribution in [-0.4, -0.2) is 72.2 Å². The number of ether oxygens (including phenoxy) is 2. The summed E-state index contributed by atoms with van der Waals surface area (Å²) in [5.74, 6) is -0.838. The Labute approximate surface area is 371 Å². The number of hydrogen-bond donors (Lipinski definition) is 2. The molecular formula is C48H48MgN2O10. The molecule has 4 aromatic carbocycles. The molecular weight excluding hydrogens is 789 g/mol. The second-order valence-corrected chi connectivity index (χ2v) is 14.7. The Morgan fingerprint density at radius 2 is 0.820 bits per heavy atom. The van der Waals surface area contributed by atoms with Gasteiger partial charge in [-0.1, -0.05) is 85.6 Å². The minimum Gasteiger partial charge on any atom is -0.759 e. The summed E-state index contributed by atoms with van der Waals surface area (Å²) >= 11 is 0. The fourth-order valence-electron chi connectivity index (χ4n) is 7.87. The molecule has 0 aromatic heterocycles. The number of carbonyl (C=O) groups excluding carboxylic acids is 6. The number of amides is 2. The average molecular weight is 837 g/mol. The van der Waals surface area contributed by atoms with Crippen molar-refractivity contribution in [2.75, 3.05) is 14.2 Å². The Hall–Kier alpha value is -5.73. The summed E-state index contributed by atoms with van der Waals surface area (Å²) in [6.07, 6.45) is 3.71. The summed E-state index contributed by atoms with van der Waals surface area (Å²) in [6, 6.07) is 28.6. The standard InChI is InChI=1S/2C24H24NO5.Mg/c2*1-15-22(24(28)20-9-4-3-8-19(20)23(15)27)18(7-5-6-10-21(26)25-29)16-11-13-17(30-2)14-12-16;/h2*3-4,8-9,11-14,18H,5-7,10H2,1-2H3,(H-,25,26,27,28,29);/q2*-1;+2. The van der Waals surface area contributed by atoms with Gasteiger partial charge in [0.05, 0.1) is 14.2 Å². The first kappa shape index (κ1) is 47.9. The van der Waals surface area contributed by atoms with Gasteiger partial charge < -0.3 is 30.8 Å². The summed E-state index contributed by atoms with van der Waals surface area (Å²) in [6.45, 7) is 3.40. The number of benzene rings is 4. The van der Waals surface area contributed by atoms with Gasteiger partial charge in [0.15, 0.2) is 23.1 Å². The molecule has 0 saturated carbocycles. The van der Waals surface area contributed by atoms with E-state index in [0.717, 1.165) is 11.1 Å². The zero-order valence-corrected chi connectivity index (χ0v) is 36.3. The first-order chi connectivity index (χ1) is 28.9. The number of fused-ring (bicyclic) bond motifs is 2. The molecule has 0 bridgehead atoms. The van der Waals surface area contributed by atoms with Crippen molar-refractivity contribution in [3.8, 4) is 11.5 Å². The predicted molar refractivity (Wildman–Crippen MR) is 233 cm³/mol. The van der Waals surface area contributed by atoms with E-state index in [1.54, 1.807) is 76.6 Å². The molecule has 0 aliphatic heterocycles. The summed E-state index contributed by atoms with van der Waals surface area (Å²) in [4.78, 5) is 75.1. The van der Waals surface area contributed by atoms with Crippen molar-refractivity contribution >= 4 is 58.0 Å². The average Bonchev–Trinajstić information content (AvgIpc) is 3.29. The van der Waals surface area contributed by atoms with Crippen LogP contribution in [0.3, 0.4) is 0 Å². The minimum absolute atomic E-state index is 0. The molecule has 312 valence electrons. The molecule has 4 aromatic rings. The van der Waals surface area contributed by atoms with Crippen molar-refractivity contribution in [3.63, 3.8) is 0 Å². The van der Waals surface area contributed by atoms with E-state index in [1.165, 1.54) is 11.0 Å². The van der Waals surface area contributed by atoms with Crippen LogP contribution in [0.2, 0.25) is 0 Å². The molecule has 61 heavy (non-hydrogen) atoms. The molecule has 2 amide bonds. The van der Waals surface area contributed by atoms with E-state index in [4.69, 9.17) is 9.47 Å². The van der Waals surface area contributed by atoms with Crippen molar-refractivity contribution in [2.24, 2.45) is 0 Å². The summed E-state index contributed by atoms with van der Waals surface area (Å²) in [5, 5.41) is 20.9. The molecule has 2 aliphatic rings. The Kier molecular flexibility index (Phi) is 17.9. The maximum Gasteiger partial charge on any atom is 2.00 e. The van der Waals surface area contributed by atoms with Crippen LogP contribution < -0.4 is 20.4 Å². The van der Waals surface area contributed by atoms with Gasteiger partial charge >= 0.3 is 23.1 Å². The molecule has 6 rings (SSSR count). The molecule has 2 aliphatic carbocycles. The maximum absolute atomic E-state index is 13.4. The number of rotatable bonds is 16. The smallest absolute Gasteiger partial charge is 0.759 e. The predicted octanol–water partition coefficient (Wildman–Crippen LogP) is 8.32.